The van der Waals surface area contributed by atoms with Crippen LogP contribution < -0.4 is 0 Å². The first-order valence-corrected chi connectivity index (χ1v) is 6.36. The molecule has 0 spiro atoms. The van der Waals surface area contributed by atoms with Gasteiger partial charge < -0.3 is 13.3 Å². The normalized spacial score (nSPS) is 13.6. The molecular weight excluding hydrogens is 232 g/mol. The fourth-order valence-corrected chi connectivity index (χ4v) is 3.38. The lowest BCUT2D eigenvalue weighted by molar-refractivity contribution is -0.146. The first-order valence-electron chi connectivity index (χ1n) is 4.64. The molecule has 0 aliphatic heterocycles. The van der Waals surface area contributed by atoms with Crippen molar-refractivity contribution in [3.63, 3.8) is 0 Å². The zero-order chi connectivity index (χ0) is 12.3. The van der Waals surface area contributed by atoms with Crippen molar-refractivity contribution in [3.8, 4) is 0 Å². The molecule has 6 nitrogen and oxygen atoms in total. The summed E-state index contributed by atoms with van der Waals surface area (Å²) in [5.74, 6) is -1.95. The summed E-state index contributed by atoms with van der Waals surface area (Å²) >= 11 is 0. The molecule has 1 aliphatic rings. The van der Waals surface area contributed by atoms with Crippen molar-refractivity contribution in [3.05, 3.63) is 11.3 Å². The molecule has 0 saturated heterocycles. The minimum absolute atomic E-state index is 0.528. The maximum absolute atomic E-state index is 11.0. The lowest BCUT2D eigenvalue weighted by atomic mass is 10.8. The molecule has 0 aromatic heterocycles. The fourth-order valence-electron chi connectivity index (χ4n) is 1.13. The van der Waals surface area contributed by atoms with Gasteiger partial charge in [0, 0.05) is 26.0 Å². The van der Waals surface area contributed by atoms with Gasteiger partial charge in [-0.2, -0.15) is 0 Å². The van der Waals surface area contributed by atoms with Crippen LogP contribution >= 0.6 is 0 Å². The van der Waals surface area contributed by atoms with Crippen LogP contribution in [0.15, 0.2) is 11.3 Å². The van der Waals surface area contributed by atoms with E-state index in [0.29, 0.717) is 11.6 Å². The third-order valence-corrected chi connectivity index (χ3v) is 4.50. The summed E-state index contributed by atoms with van der Waals surface area (Å²) in [6, 6.07) is 0. The van der Waals surface area contributed by atoms with Crippen LogP contribution in [0.3, 0.4) is 0 Å². The van der Waals surface area contributed by atoms with Gasteiger partial charge in [0.15, 0.2) is 0 Å². The standard InChI is InChI=1S/C9H12O6Si/c1-6(10)13-16(9-4-5-9,14-7(2)11)15-8(3)12/h4H,5H2,1-3H3. The Kier molecular flexibility index (Phi) is 3.48. The van der Waals surface area contributed by atoms with Gasteiger partial charge in [-0.1, -0.05) is 6.08 Å². The maximum atomic E-state index is 11.0. The number of hydrogen-bond acceptors (Lipinski definition) is 6. The molecule has 0 bridgehead atoms. The Morgan fingerprint density at radius 1 is 1.00 bits per heavy atom. The first kappa shape index (κ1) is 12.4. The van der Waals surface area contributed by atoms with Crippen LogP contribution in [-0.4, -0.2) is 26.7 Å². The van der Waals surface area contributed by atoms with Crippen molar-refractivity contribution in [1.82, 2.24) is 0 Å². The minimum Gasteiger partial charge on any atom is -0.452 e. The van der Waals surface area contributed by atoms with Crippen molar-refractivity contribution >= 4 is 26.7 Å². The molecule has 7 heteroatoms. The van der Waals surface area contributed by atoms with E-state index in [0.717, 1.165) is 20.8 Å². The quantitative estimate of drug-likeness (QED) is 0.669. The summed E-state index contributed by atoms with van der Waals surface area (Å²) in [6.07, 6.45) is 2.22. The van der Waals surface area contributed by atoms with Crippen molar-refractivity contribution in [2.45, 2.75) is 27.2 Å². The topological polar surface area (TPSA) is 78.9 Å². The van der Waals surface area contributed by atoms with Crippen LogP contribution in [0.5, 0.6) is 0 Å². The molecule has 0 aromatic rings. The molecule has 0 N–H and O–H groups in total. The number of allylic oxidation sites excluding steroid dienone is 2. The molecule has 16 heavy (non-hydrogen) atoms. The molecule has 1 rings (SSSR count). The summed E-state index contributed by atoms with van der Waals surface area (Å²) in [4.78, 5) is 32.9. The van der Waals surface area contributed by atoms with Gasteiger partial charge >= 0.3 is 8.80 Å². The Labute approximate surface area is 93.5 Å². The molecule has 1 aliphatic carbocycles. The Hall–Kier alpha value is -1.63. The summed E-state index contributed by atoms with van der Waals surface area (Å²) in [6.45, 7) is 3.49. The van der Waals surface area contributed by atoms with Gasteiger partial charge in [-0.05, 0) is 6.42 Å². The highest BCUT2D eigenvalue weighted by Gasteiger charge is 2.59. The van der Waals surface area contributed by atoms with Gasteiger partial charge in [-0.15, -0.1) is 0 Å². The highest BCUT2D eigenvalue weighted by Crippen LogP contribution is 2.33. The average molecular weight is 244 g/mol. The van der Waals surface area contributed by atoms with Crippen LogP contribution in [-0.2, 0) is 27.7 Å². The van der Waals surface area contributed by atoms with E-state index in [4.69, 9.17) is 13.3 Å². The molecule has 0 fully saturated rings. The van der Waals surface area contributed by atoms with Gasteiger partial charge in [0.25, 0.3) is 17.9 Å². The molecule has 0 atom stereocenters. The first-order chi connectivity index (χ1) is 7.35. The second kappa shape index (κ2) is 4.48. The van der Waals surface area contributed by atoms with Gasteiger partial charge in [0.2, 0.25) is 0 Å². The molecular formula is C9H12O6Si. The Bertz CT molecular complexity index is 331. The number of carbonyl (C=O) groups is 3. The van der Waals surface area contributed by atoms with Gasteiger partial charge in [0.1, 0.15) is 0 Å². The zero-order valence-corrected chi connectivity index (χ0v) is 10.2. The second-order valence-corrected chi connectivity index (χ2v) is 5.64. The van der Waals surface area contributed by atoms with Crippen molar-refractivity contribution in [2.75, 3.05) is 0 Å². The van der Waals surface area contributed by atoms with E-state index in [1.807, 2.05) is 0 Å². The molecule has 0 amide bonds. The lowest BCUT2D eigenvalue weighted by Gasteiger charge is -2.24. The van der Waals surface area contributed by atoms with Gasteiger partial charge in [-0.3, -0.25) is 14.4 Å². The molecule has 0 unspecified atom stereocenters. The SMILES string of the molecule is CC(=O)O[Si](OC(C)=O)(OC(C)=O)C1=CC1. The summed E-state index contributed by atoms with van der Waals surface area (Å²) in [5.41, 5.74) is 0. The lowest BCUT2D eigenvalue weighted by Crippen LogP contribution is -2.49. The number of carbonyl (C=O) groups excluding carboxylic acids is 3. The number of hydrogen-bond donors (Lipinski definition) is 0. The average Bonchev–Trinajstić information content (AvgIpc) is 2.79. The molecule has 0 saturated carbocycles. The van der Waals surface area contributed by atoms with Crippen LogP contribution in [0.4, 0.5) is 0 Å². The van der Waals surface area contributed by atoms with Gasteiger partial charge in [0.05, 0.1) is 0 Å². The molecule has 88 valence electrons. The van der Waals surface area contributed by atoms with E-state index in [9.17, 15) is 14.4 Å². The van der Waals surface area contributed by atoms with Crippen LogP contribution in [0.25, 0.3) is 0 Å². The Morgan fingerprint density at radius 3 is 1.50 bits per heavy atom. The van der Waals surface area contributed by atoms with Crippen molar-refractivity contribution in [1.29, 1.82) is 0 Å². The van der Waals surface area contributed by atoms with Crippen molar-refractivity contribution < 1.29 is 27.7 Å². The summed E-state index contributed by atoms with van der Waals surface area (Å²) in [7, 11) is -3.64. The van der Waals surface area contributed by atoms with E-state index < -0.39 is 26.7 Å². The minimum atomic E-state index is -3.64. The third-order valence-electron chi connectivity index (χ3n) is 1.64. The fraction of sp³-hybridized carbons (Fsp3) is 0.444. The van der Waals surface area contributed by atoms with E-state index in [2.05, 4.69) is 0 Å². The molecule has 0 radical (unpaired) electrons. The highest BCUT2D eigenvalue weighted by molar-refractivity contribution is 6.74. The van der Waals surface area contributed by atoms with E-state index in [1.54, 1.807) is 6.08 Å². The Balaban J connectivity index is 2.93. The Morgan fingerprint density at radius 2 is 1.31 bits per heavy atom. The van der Waals surface area contributed by atoms with E-state index >= 15 is 0 Å². The zero-order valence-electron chi connectivity index (χ0n) is 9.23. The maximum Gasteiger partial charge on any atom is 0.738 e. The van der Waals surface area contributed by atoms with Crippen LogP contribution in [0, 0.1) is 0 Å². The molecule has 0 heterocycles. The number of rotatable bonds is 4. The van der Waals surface area contributed by atoms with E-state index in [1.165, 1.54) is 0 Å². The second-order valence-electron chi connectivity index (χ2n) is 3.27. The van der Waals surface area contributed by atoms with Gasteiger partial charge in [-0.25, -0.2) is 0 Å². The molecule has 0 aromatic carbocycles. The summed E-state index contributed by atoms with van der Waals surface area (Å²) < 4.78 is 14.8. The predicted molar refractivity (Wildman–Crippen MR) is 53.8 cm³/mol. The van der Waals surface area contributed by atoms with Crippen LogP contribution in [0.2, 0.25) is 0 Å². The predicted octanol–water partition coefficient (Wildman–Crippen LogP) is 0.484. The van der Waals surface area contributed by atoms with E-state index in [-0.39, 0.29) is 0 Å². The highest BCUT2D eigenvalue weighted by atomic mass is 28.4. The monoisotopic (exact) mass is 244 g/mol. The van der Waals surface area contributed by atoms with Crippen molar-refractivity contribution in [2.24, 2.45) is 0 Å². The largest absolute Gasteiger partial charge is 0.738 e. The third kappa shape index (κ3) is 3.19. The van der Waals surface area contributed by atoms with Crippen LogP contribution in [0.1, 0.15) is 27.2 Å². The summed E-state index contributed by atoms with van der Waals surface area (Å²) in [5, 5.41) is 0.577. The smallest absolute Gasteiger partial charge is 0.452 e.